The quantitative estimate of drug-likeness (QED) is 0.217. The zero-order valence-electron chi connectivity index (χ0n) is 20.8. The Bertz CT molecular complexity index is 1850. The number of nitrogens with zero attached hydrogens (tertiary/aromatic N) is 2. The van der Waals surface area contributed by atoms with Crippen molar-refractivity contribution in [2.75, 3.05) is 5.32 Å². The second kappa shape index (κ2) is 10.8. The number of fused-ring (bicyclic) bond motifs is 1. The molecule has 4 aromatic rings. The lowest BCUT2D eigenvalue weighted by atomic mass is 9.94. The zero-order chi connectivity index (χ0) is 30.4. The van der Waals surface area contributed by atoms with Gasteiger partial charge >= 0.3 is 6.18 Å². The average Bonchev–Trinajstić information content (AvgIpc) is 3.25. The summed E-state index contributed by atoms with van der Waals surface area (Å²) in [5.74, 6) is -4.69. The van der Waals surface area contributed by atoms with Gasteiger partial charge in [0.1, 0.15) is 11.6 Å². The van der Waals surface area contributed by atoms with Gasteiger partial charge in [-0.1, -0.05) is 11.6 Å². The number of amides is 2. The molecule has 1 aliphatic heterocycles. The van der Waals surface area contributed by atoms with E-state index in [4.69, 9.17) is 11.6 Å². The number of rotatable bonds is 6. The second-order valence-corrected chi connectivity index (χ2v) is 11.4. The normalized spacial score (nSPS) is 14.8. The van der Waals surface area contributed by atoms with Crippen LogP contribution in [-0.2, 0) is 21.8 Å². The summed E-state index contributed by atoms with van der Waals surface area (Å²) in [5.41, 5.74) is -2.35. The predicted octanol–water partition coefficient (Wildman–Crippen LogP) is 5.49. The lowest BCUT2D eigenvalue weighted by Gasteiger charge is -2.19. The van der Waals surface area contributed by atoms with Crippen molar-refractivity contribution < 1.29 is 40.0 Å². The van der Waals surface area contributed by atoms with Gasteiger partial charge in [-0.3, -0.25) is 9.59 Å². The van der Waals surface area contributed by atoms with Gasteiger partial charge in [0.25, 0.3) is 11.8 Å². The van der Waals surface area contributed by atoms with Gasteiger partial charge in [0, 0.05) is 45.4 Å². The average molecular weight is 623 g/mol. The van der Waals surface area contributed by atoms with Gasteiger partial charge in [0.15, 0.2) is 0 Å². The van der Waals surface area contributed by atoms with Crippen LogP contribution in [0.2, 0.25) is 5.02 Å². The van der Waals surface area contributed by atoms with Crippen LogP contribution in [0.3, 0.4) is 0 Å². The fraction of sp³-hybridized carbons (Fsp3) is 0.111. The van der Waals surface area contributed by atoms with Crippen molar-refractivity contribution in [1.82, 2.24) is 15.3 Å². The standard InChI is InChI=1S/C27H16ClF5N4O4S/c28-20-3-2-16(29)11-18(20)23-22-19(25(39)37-23)6-13(12-42(40,41)26-34-4-1-5-35-26)7-21(22)36-24(38)14-8-15(27(31,32)33)10-17(30)9-14/h1-11,23H,12H2,(H,36,38)(H,37,39). The van der Waals surface area contributed by atoms with E-state index in [1.54, 1.807) is 0 Å². The smallest absolute Gasteiger partial charge is 0.341 e. The molecule has 0 aliphatic carbocycles. The molecule has 216 valence electrons. The van der Waals surface area contributed by atoms with Crippen LogP contribution in [0.15, 0.2) is 72.1 Å². The number of nitrogens with one attached hydrogen (secondary N) is 2. The van der Waals surface area contributed by atoms with Crippen LogP contribution in [-0.4, -0.2) is 30.2 Å². The van der Waals surface area contributed by atoms with Gasteiger partial charge in [0.2, 0.25) is 15.0 Å². The Hall–Kier alpha value is -4.43. The number of aromatic nitrogens is 2. The summed E-state index contributed by atoms with van der Waals surface area (Å²) in [6, 6.07) is 7.26. The molecule has 5 rings (SSSR count). The number of carbonyl (C=O) groups excluding carboxylic acids is 2. The lowest BCUT2D eigenvalue weighted by Crippen LogP contribution is -2.21. The molecule has 1 unspecified atom stereocenters. The molecule has 15 heteroatoms. The summed E-state index contributed by atoms with van der Waals surface area (Å²) < 4.78 is 93.9. The third-order valence-electron chi connectivity index (χ3n) is 6.23. The Kier molecular flexibility index (Phi) is 7.45. The van der Waals surface area contributed by atoms with Gasteiger partial charge in [-0.25, -0.2) is 27.2 Å². The van der Waals surface area contributed by atoms with E-state index in [0.29, 0.717) is 12.1 Å². The Labute approximate surface area is 239 Å². The summed E-state index contributed by atoms with van der Waals surface area (Å²) in [5, 5.41) is 4.48. The molecule has 1 atom stereocenters. The van der Waals surface area contributed by atoms with E-state index in [1.165, 1.54) is 36.7 Å². The van der Waals surface area contributed by atoms with Gasteiger partial charge in [0.05, 0.1) is 17.4 Å². The maximum atomic E-state index is 14.1. The molecule has 0 saturated carbocycles. The fourth-order valence-electron chi connectivity index (χ4n) is 4.46. The molecular weight excluding hydrogens is 607 g/mol. The Morgan fingerprint density at radius 3 is 2.40 bits per heavy atom. The largest absolute Gasteiger partial charge is 0.416 e. The molecule has 1 aliphatic rings. The van der Waals surface area contributed by atoms with Crippen molar-refractivity contribution in [1.29, 1.82) is 0 Å². The number of hydrogen-bond acceptors (Lipinski definition) is 6. The zero-order valence-corrected chi connectivity index (χ0v) is 22.4. The molecule has 42 heavy (non-hydrogen) atoms. The number of carbonyl (C=O) groups is 2. The highest BCUT2D eigenvalue weighted by Crippen LogP contribution is 2.41. The Morgan fingerprint density at radius 2 is 1.71 bits per heavy atom. The minimum Gasteiger partial charge on any atom is -0.341 e. The van der Waals surface area contributed by atoms with E-state index in [1.807, 2.05) is 0 Å². The van der Waals surface area contributed by atoms with E-state index in [0.717, 1.165) is 12.1 Å². The van der Waals surface area contributed by atoms with Gasteiger partial charge in [-0.15, -0.1) is 0 Å². The molecule has 0 bridgehead atoms. The third-order valence-corrected chi connectivity index (χ3v) is 8.05. The Morgan fingerprint density at radius 1 is 1.00 bits per heavy atom. The van der Waals surface area contributed by atoms with Crippen molar-refractivity contribution in [3.05, 3.63) is 117 Å². The summed E-state index contributed by atoms with van der Waals surface area (Å²) in [6.07, 6.45) is -2.53. The minimum absolute atomic E-state index is 0.0205. The maximum absolute atomic E-state index is 14.1. The molecule has 0 fully saturated rings. The lowest BCUT2D eigenvalue weighted by molar-refractivity contribution is -0.137. The molecule has 0 radical (unpaired) electrons. The van der Waals surface area contributed by atoms with Crippen LogP contribution >= 0.6 is 11.6 Å². The number of alkyl halides is 3. The number of benzene rings is 3. The van der Waals surface area contributed by atoms with Crippen molar-refractivity contribution in [2.24, 2.45) is 0 Å². The maximum Gasteiger partial charge on any atom is 0.416 e. The van der Waals surface area contributed by atoms with Crippen molar-refractivity contribution in [3.8, 4) is 0 Å². The first-order valence-electron chi connectivity index (χ1n) is 11.8. The first kappa shape index (κ1) is 29.1. The van der Waals surface area contributed by atoms with E-state index in [9.17, 15) is 40.0 Å². The third kappa shape index (κ3) is 5.81. The van der Waals surface area contributed by atoms with Gasteiger partial charge < -0.3 is 10.6 Å². The number of anilines is 1. The molecule has 1 aromatic heterocycles. The van der Waals surface area contributed by atoms with Crippen LogP contribution in [0.5, 0.6) is 0 Å². The molecule has 2 N–H and O–H groups in total. The highest BCUT2D eigenvalue weighted by molar-refractivity contribution is 7.90. The van der Waals surface area contributed by atoms with E-state index in [2.05, 4.69) is 20.6 Å². The number of hydrogen-bond donors (Lipinski definition) is 2. The van der Waals surface area contributed by atoms with Crippen molar-refractivity contribution >= 4 is 38.9 Å². The highest BCUT2D eigenvalue weighted by atomic mass is 35.5. The van der Waals surface area contributed by atoms with E-state index < -0.39 is 67.5 Å². The van der Waals surface area contributed by atoms with E-state index >= 15 is 0 Å². The Balaban J connectivity index is 1.63. The van der Waals surface area contributed by atoms with Crippen LogP contribution < -0.4 is 10.6 Å². The first-order valence-corrected chi connectivity index (χ1v) is 13.9. The molecule has 0 spiro atoms. The highest BCUT2D eigenvalue weighted by Gasteiger charge is 2.36. The summed E-state index contributed by atoms with van der Waals surface area (Å²) >= 11 is 6.26. The number of sulfone groups is 1. The van der Waals surface area contributed by atoms with Crippen molar-refractivity contribution in [3.63, 3.8) is 0 Å². The summed E-state index contributed by atoms with van der Waals surface area (Å²) in [6.45, 7) is 0. The summed E-state index contributed by atoms with van der Waals surface area (Å²) in [4.78, 5) is 33.6. The molecule has 0 saturated heterocycles. The van der Waals surface area contributed by atoms with Crippen LogP contribution in [0, 0.1) is 11.6 Å². The number of halogens is 6. The molecule has 2 amide bonds. The summed E-state index contributed by atoms with van der Waals surface area (Å²) in [7, 11) is -4.16. The van der Waals surface area contributed by atoms with E-state index in [-0.39, 0.29) is 39.0 Å². The second-order valence-electron chi connectivity index (χ2n) is 9.15. The van der Waals surface area contributed by atoms with Crippen LogP contribution in [0.1, 0.15) is 49.0 Å². The van der Waals surface area contributed by atoms with Gasteiger partial charge in [-0.2, -0.15) is 13.2 Å². The SMILES string of the molecule is O=C(Nc1cc(CS(=O)(=O)c2ncccn2)cc2c1C(c1cc(F)ccc1Cl)NC2=O)c1cc(F)cc(C(F)(F)F)c1. The topological polar surface area (TPSA) is 118 Å². The molecule has 3 aromatic carbocycles. The monoisotopic (exact) mass is 622 g/mol. The van der Waals surface area contributed by atoms with Crippen molar-refractivity contribution in [2.45, 2.75) is 23.1 Å². The fourth-order valence-corrected chi connectivity index (χ4v) is 5.86. The molecule has 2 heterocycles. The van der Waals surface area contributed by atoms with Crippen LogP contribution in [0.25, 0.3) is 0 Å². The molecule has 8 nitrogen and oxygen atoms in total. The predicted molar refractivity (Wildman–Crippen MR) is 139 cm³/mol. The molecular formula is C27H16ClF5N4O4S. The van der Waals surface area contributed by atoms with Crippen LogP contribution in [0.4, 0.5) is 27.6 Å². The first-order chi connectivity index (χ1) is 19.7. The van der Waals surface area contributed by atoms with Gasteiger partial charge in [-0.05, 0) is 60.2 Å². The minimum atomic E-state index is -4.96.